The molecule has 3 nitrogen and oxygen atoms in total. The fourth-order valence-corrected chi connectivity index (χ4v) is 2.83. The lowest BCUT2D eigenvalue weighted by molar-refractivity contribution is -0.312. The summed E-state index contributed by atoms with van der Waals surface area (Å²) in [6, 6.07) is 0. The minimum Gasteiger partial charge on any atom is -0.371 e. The molecule has 0 bridgehead atoms. The van der Waals surface area contributed by atoms with Gasteiger partial charge in [0.15, 0.2) is 5.79 Å². The Morgan fingerprint density at radius 1 is 1.00 bits per heavy atom. The fraction of sp³-hybridized carbons (Fsp3) is 1.00. The van der Waals surface area contributed by atoms with Crippen LogP contribution in [-0.4, -0.2) is 31.7 Å². The van der Waals surface area contributed by atoms with Crippen molar-refractivity contribution in [2.75, 3.05) is 19.8 Å². The van der Waals surface area contributed by atoms with Crippen molar-refractivity contribution in [3.05, 3.63) is 0 Å². The van der Waals surface area contributed by atoms with E-state index < -0.39 is 0 Å². The standard InChI is InChI=1S/C17H32O3/c1-2-3-4-5-6-7-8-9-10-11-17(12-13-19-17)20-15-16-14-18-16/h16H,2-15H2,1H3. The van der Waals surface area contributed by atoms with Crippen LogP contribution in [0.25, 0.3) is 0 Å². The molecule has 2 saturated heterocycles. The lowest BCUT2D eigenvalue weighted by Gasteiger charge is -2.41. The Kier molecular flexibility index (Phi) is 7.32. The van der Waals surface area contributed by atoms with E-state index in [9.17, 15) is 0 Å². The molecule has 0 N–H and O–H groups in total. The third-order valence-electron chi connectivity index (χ3n) is 4.44. The molecule has 3 heteroatoms. The van der Waals surface area contributed by atoms with Crippen LogP contribution in [0.3, 0.4) is 0 Å². The summed E-state index contributed by atoms with van der Waals surface area (Å²) in [4.78, 5) is 0. The van der Waals surface area contributed by atoms with Gasteiger partial charge >= 0.3 is 0 Å². The van der Waals surface area contributed by atoms with Crippen LogP contribution in [0.1, 0.15) is 77.6 Å². The first kappa shape index (κ1) is 16.3. The second kappa shape index (κ2) is 9.01. The molecule has 2 unspecified atom stereocenters. The molecular weight excluding hydrogens is 252 g/mol. The number of hydrogen-bond donors (Lipinski definition) is 0. The van der Waals surface area contributed by atoms with Gasteiger partial charge in [0.1, 0.15) is 6.10 Å². The highest BCUT2D eigenvalue weighted by Gasteiger charge is 2.40. The zero-order valence-corrected chi connectivity index (χ0v) is 13.2. The van der Waals surface area contributed by atoms with Crippen LogP contribution in [0, 0.1) is 0 Å². The van der Waals surface area contributed by atoms with Crippen LogP contribution in [0.5, 0.6) is 0 Å². The molecule has 2 heterocycles. The number of ether oxygens (including phenoxy) is 3. The molecule has 0 spiro atoms. The van der Waals surface area contributed by atoms with E-state index in [0.29, 0.717) is 6.10 Å². The van der Waals surface area contributed by atoms with Crippen molar-refractivity contribution < 1.29 is 14.2 Å². The van der Waals surface area contributed by atoms with Crippen molar-refractivity contribution in [1.82, 2.24) is 0 Å². The summed E-state index contributed by atoms with van der Waals surface area (Å²) in [5.74, 6) is -0.243. The molecule has 0 aromatic heterocycles. The lowest BCUT2D eigenvalue weighted by Crippen LogP contribution is -2.46. The predicted molar refractivity (Wildman–Crippen MR) is 80.8 cm³/mol. The van der Waals surface area contributed by atoms with Crippen LogP contribution in [0.2, 0.25) is 0 Å². The second-order valence-corrected chi connectivity index (χ2v) is 6.35. The van der Waals surface area contributed by atoms with Gasteiger partial charge in [0.25, 0.3) is 0 Å². The molecule has 0 amide bonds. The Morgan fingerprint density at radius 3 is 2.10 bits per heavy atom. The number of epoxide rings is 1. The van der Waals surface area contributed by atoms with Gasteiger partial charge in [-0.1, -0.05) is 58.3 Å². The summed E-state index contributed by atoms with van der Waals surface area (Å²) >= 11 is 0. The van der Waals surface area contributed by atoms with Crippen molar-refractivity contribution in [3.63, 3.8) is 0 Å². The van der Waals surface area contributed by atoms with Crippen molar-refractivity contribution in [3.8, 4) is 0 Å². The van der Waals surface area contributed by atoms with Gasteiger partial charge < -0.3 is 14.2 Å². The largest absolute Gasteiger partial charge is 0.371 e. The summed E-state index contributed by atoms with van der Waals surface area (Å²) in [5.41, 5.74) is 0. The monoisotopic (exact) mass is 284 g/mol. The summed E-state index contributed by atoms with van der Waals surface area (Å²) in [5, 5.41) is 0. The Balaban J connectivity index is 1.41. The van der Waals surface area contributed by atoms with E-state index in [2.05, 4.69) is 6.92 Å². The first-order valence-corrected chi connectivity index (χ1v) is 8.74. The molecule has 2 atom stereocenters. The molecule has 118 valence electrons. The number of hydrogen-bond acceptors (Lipinski definition) is 3. The summed E-state index contributed by atoms with van der Waals surface area (Å²) in [7, 11) is 0. The first-order chi connectivity index (χ1) is 9.85. The highest BCUT2D eigenvalue weighted by Crippen LogP contribution is 2.34. The Bertz CT molecular complexity index is 247. The molecule has 0 saturated carbocycles. The molecular formula is C17H32O3. The molecule has 2 aliphatic heterocycles. The van der Waals surface area contributed by atoms with Crippen LogP contribution < -0.4 is 0 Å². The van der Waals surface area contributed by atoms with E-state index in [1.807, 2.05) is 0 Å². The first-order valence-electron chi connectivity index (χ1n) is 8.74. The van der Waals surface area contributed by atoms with E-state index >= 15 is 0 Å². The Labute approximate surface area is 124 Å². The third-order valence-corrected chi connectivity index (χ3v) is 4.44. The van der Waals surface area contributed by atoms with Crippen LogP contribution in [-0.2, 0) is 14.2 Å². The van der Waals surface area contributed by atoms with Gasteiger partial charge in [-0.25, -0.2) is 0 Å². The van der Waals surface area contributed by atoms with Gasteiger partial charge in [-0.05, 0) is 6.42 Å². The molecule has 0 radical (unpaired) electrons. The van der Waals surface area contributed by atoms with Gasteiger partial charge in [-0.3, -0.25) is 0 Å². The molecule has 20 heavy (non-hydrogen) atoms. The van der Waals surface area contributed by atoms with E-state index in [4.69, 9.17) is 14.2 Å². The maximum absolute atomic E-state index is 5.91. The average Bonchev–Trinajstić information content (AvgIpc) is 3.22. The maximum atomic E-state index is 5.91. The van der Waals surface area contributed by atoms with Crippen molar-refractivity contribution in [2.24, 2.45) is 0 Å². The topological polar surface area (TPSA) is 31.0 Å². The predicted octanol–water partition coefficient (Wildman–Crippen LogP) is 4.44. The minimum atomic E-state index is -0.243. The van der Waals surface area contributed by atoms with E-state index in [1.54, 1.807) is 0 Å². The highest BCUT2D eigenvalue weighted by molar-refractivity contribution is 4.80. The summed E-state index contributed by atoms with van der Waals surface area (Å²) in [6.07, 6.45) is 14.8. The second-order valence-electron chi connectivity index (χ2n) is 6.35. The molecule has 0 aromatic carbocycles. The Hall–Kier alpha value is -0.120. The van der Waals surface area contributed by atoms with E-state index in [1.165, 1.54) is 57.8 Å². The average molecular weight is 284 g/mol. The minimum absolute atomic E-state index is 0.243. The van der Waals surface area contributed by atoms with Crippen molar-refractivity contribution in [2.45, 2.75) is 89.4 Å². The Morgan fingerprint density at radius 2 is 1.60 bits per heavy atom. The van der Waals surface area contributed by atoms with Gasteiger partial charge in [0.2, 0.25) is 0 Å². The zero-order valence-electron chi connectivity index (χ0n) is 13.2. The number of unbranched alkanes of at least 4 members (excludes halogenated alkanes) is 8. The van der Waals surface area contributed by atoms with E-state index in [0.717, 1.165) is 32.7 Å². The normalized spacial score (nSPS) is 28.4. The van der Waals surface area contributed by atoms with Gasteiger partial charge in [-0.15, -0.1) is 0 Å². The quantitative estimate of drug-likeness (QED) is 0.370. The lowest BCUT2D eigenvalue weighted by atomic mass is 9.99. The van der Waals surface area contributed by atoms with Crippen molar-refractivity contribution >= 4 is 0 Å². The van der Waals surface area contributed by atoms with Crippen LogP contribution >= 0.6 is 0 Å². The maximum Gasteiger partial charge on any atom is 0.170 e. The molecule has 2 aliphatic rings. The van der Waals surface area contributed by atoms with Gasteiger partial charge in [0.05, 0.1) is 19.8 Å². The van der Waals surface area contributed by atoms with Gasteiger partial charge in [0, 0.05) is 12.8 Å². The van der Waals surface area contributed by atoms with Crippen molar-refractivity contribution in [1.29, 1.82) is 0 Å². The third kappa shape index (κ3) is 6.11. The summed E-state index contributed by atoms with van der Waals surface area (Å²) < 4.78 is 16.8. The SMILES string of the molecule is CCCCCCCCCCCC1(OCC2CO2)CCO1. The molecule has 2 fully saturated rings. The smallest absolute Gasteiger partial charge is 0.170 e. The summed E-state index contributed by atoms with van der Waals surface area (Å²) in [6.45, 7) is 4.73. The fourth-order valence-electron chi connectivity index (χ4n) is 2.83. The van der Waals surface area contributed by atoms with Crippen LogP contribution in [0.15, 0.2) is 0 Å². The molecule has 0 aromatic rings. The van der Waals surface area contributed by atoms with E-state index in [-0.39, 0.29) is 5.79 Å². The van der Waals surface area contributed by atoms with Crippen LogP contribution in [0.4, 0.5) is 0 Å². The van der Waals surface area contributed by atoms with Gasteiger partial charge in [-0.2, -0.15) is 0 Å². The molecule has 2 rings (SSSR count). The molecule has 0 aliphatic carbocycles. The highest BCUT2D eigenvalue weighted by atomic mass is 16.7. The zero-order chi connectivity index (χ0) is 14.1. The number of rotatable bonds is 13.